The van der Waals surface area contributed by atoms with E-state index in [4.69, 9.17) is 5.11 Å². The minimum atomic E-state index is -1.33. The Balaban J connectivity index is 2.38. The van der Waals surface area contributed by atoms with Crippen LogP contribution < -0.4 is 5.32 Å². The Kier molecular flexibility index (Phi) is 4.09. The van der Waals surface area contributed by atoms with E-state index < -0.39 is 17.7 Å². The van der Waals surface area contributed by atoms with Gasteiger partial charge in [0.2, 0.25) is 0 Å². The summed E-state index contributed by atoms with van der Waals surface area (Å²) in [5.74, 6) is -2.87. The number of nitrogens with one attached hydrogen (secondary N) is 1. The molecule has 1 amide bonds. The Morgan fingerprint density at radius 1 is 1.25 bits per heavy atom. The summed E-state index contributed by atoms with van der Waals surface area (Å²) in [5.41, 5.74) is -0.681. The van der Waals surface area contributed by atoms with Crippen LogP contribution in [-0.2, 0) is 0 Å². The van der Waals surface area contributed by atoms with Gasteiger partial charge in [0.1, 0.15) is 11.5 Å². The minimum absolute atomic E-state index is 0.0343. The zero-order valence-electron chi connectivity index (χ0n) is 9.93. The van der Waals surface area contributed by atoms with Crippen molar-refractivity contribution in [1.82, 2.24) is 4.98 Å². The van der Waals surface area contributed by atoms with Crippen molar-refractivity contribution in [2.75, 3.05) is 5.32 Å². The fourth-order valence-electron chi connectivity index (χ4n) is 1.55. The van der Waals surface area contributed by atoms with Crippen LogP contribution in [0.3, 0.4) is 0 Å². The summed E-state index contributed by atoms with van der Waals surface area (Å²) in [7, 11) is 0. The number of pyridine rings is 1. The summed E-state index contributed by atoms with van der Waals surface area (Å²) in [6.07, 6.45) is 1.40. The highest BCUT2D eigenvalue weighted by molar-refractivity contribution is 9.10. The molecule has 2 N–H and O–H groups in total. The van der Waals surface area contributed by atoms with Crippen LogP contribution in [0.15, 0.2) is 41.0 Å². The van der Waals surface area contributed by atoms with Crippen molar-refractivity contribution in [3.63, 3.8) is 0 Å². The lowest BCUT2D eigenvalue weighted by atomic mass is 10.1. The van der Waals surface area contributed by atoms with Gasteiger partial charge in [-0.25, -0.2) is 14.2 Å². The van der Waals surface area contributed by atoms with Gasteiger partial charge < -0.3 is 10.4 Å². The fraction of sp³-hybridized carbons (Fsp3) is 0. The molecule has 0 fully saturated rings. The van der Waals surface area contributed by atoms with Crippen molar-refractivity contribution in [1.29, 1.82) is 0 Å². The number of benzene rings is 1. The molecule has 20 heavy (non-hydrogen) atoms. The van der Waals surface area contributed by atoms with Gasteiger partial charge in [0.15, 0.2) is 0 Å². The highest BCUT2D eigenvalue weighted by Gasteiger charge is 2.19. The Hall–Kier alpha value is -2.28. The van der Waals surface area contributed by atoms with E-state index in [1.165, 1.54) is 18.3 Å². The molecule has 102 valence electrons. The molecule has 2 rings (SSSR count). The van der Waals surface area contributed by atoms with Crippen LogP contribution in [0.25, 0.3) is 0 Å². The summed E-state index contributed by atoms with van der Waals surface area (Å²) in [6.45, 7) is 0. The number of carbonyl (C=O) groups excluding carboxylic acids is 1. The molecule has 1 heterocycles. The number of nitrogens with zero attached hydrogens (tertiary/aromatic N) is 1. The first-order chi connectivity index (χ1) is 9.50. The lowest BCUT2D eigenvalue weighted by Gasteiger charge is -2.09. The Labute approximate surface area is 121 Å². The molecule has 2 aromatic rings. The highest BCUT2D eigenvalue weighted by atomic mass is 79.9. The molecule has 1 aromatic carbocycles. The Morgan fingerprint density at radius 2 is 2.00 bits per heavy atom. The largest absolute Gasteiger partial charge is 0.478 e. The van der Waals surface area contributed by atoms with Crippen LogP contribution >= 0.6 is 15.9 Å². The van der Waals surface area contributed by atoms with Crippen molar-refractivity contribution in [2.24, 2.45) is 0 Å². The number of halogens is 2. The van der Waals surface area contributed by atoms with Gasteiger partial charge in [-0.2, -0.15) is 0 Å². The number of amides is 1. The van der Waals surface area contributed by atoms with Gasteiger partial charge in [-0.05, 0) is 40.2 Å². The maximum atomic E-state index is 13.7. The zero-order valence-corrected chi connectivity index (χ0v) is 11.5. The number of carboxylic acid groups (broad SMARTS) is 1. The van der Waals surface area contributed by atoms with E-state index in [1.807, 2.05) is 0 Å². The molecule has 0 atom stereocenters. The number of hydrogen-bond acceptors (Lipinski definition) is 3. The topological polar surface area (TPSA) is 79.3 Å². The SMILES string of the molecule is O=C(O)c1cccc(F)c1NC(=O)c1ncccc1Br. The van der Waals surface area contributed by atoms with Crippen LogP contribution in [0.1, 0.15) is 20.8 Å². The smallest absolute Gasteiger partial charge is 0.337 e. The van der Waals surface area contributed by atoms with Crippen molar-refractivity contribution < 1.29 is 19.1 Å². The van der Waals surface area contributed by atoms with E-state index in [2.05, 4.69) is 26.2 Å². The molecule has 0 saturated carbocycles. The summed E-state index contributed by atoms with van der Waals surface area (Å²) in [6, 6.07) is 6.74. The van der Waals surface area contributed by atoms with Gasteiger partial charge in [0.25, 0.3) is 5.91 Å². The molecule has 0 radical (unpaired) electrons. The third-order valence-corrected chi connectivity index (χ3v) is 3.10. The molecule has 0 bridgehead atoms. The summed E-state index contributed by atoms with van der Waals surface area (Å²) in [4.78, 5) is 26.9. The van der Waals surface area contributed by atoms with Gasteiger partial charge >= 0.3 is 5.97 Å². The second kappa shape index (κ2) is 5.79. The van der Waals surface area contributed by atoms with Crippen LogP contribution in [-0.4, -0.2) is 22.0 Å². The molecular weight excluding hydrogens is 331 g/mol. The van der Waals surface area contributed by atoms with Crippen molar-refractivity contribution in [2.45, 2.75) is 0 Å². The molecule has 0 spiro atoms. The van der Waals surface area contributed by atoms with Crippen molar-refractivity contribution in [3.8, 4) is 0 Å². The average Bonchev–Trinajstić information content (AvgIpc) is 2.41. The summed E-state index contributed by atoms with van der Waals surface area (Å²) >= 11 is 3.14. The lowest BCUT2D eigenvalue weighted by molar-refractivity contribution is 0.0697. The average molecular weight is 339 g/mol. The highest BCUT2D eigenvalue weighted by Crippen LogP contribution is 2.22. The Bertz CT molecular complexity index is 691. The van der Waals surface area contributed by atoms with Crippen LogP contribution in [0.4, 0.5) is 10.1 Å². The van der Waals surface area contributed by atoms with E-state index in [0.717, 1.165) is 6.07 Å². The predicted octanol–water partition coefficient (Wildman–Crippen LogP) is 2.93. The molecule has 5 nitrogen and oxygen atoms in total. The van der Waals surface area contributed by atoms with E-state index in [0.29, 0.717) is 4.47 Å². The number of carbonyl (C=O) groups is 2. The third-order valence-electron chi connectivity index (χ3n) is 2.46. The molecule has 7 heteroatoms. The summed E-state index contributed by atoms with van der Waals surface area (Å²) < 4.78 is 14.1. The fourth-order valence-corrected chi connectivity index (χ4v) is 1.99. The maximum Gasteiger partial charge on any atom is 0.337 e. The number of anilines is 1. The second-order valence-corrected chi connectivity index (χ2v) is 4.61. The van der Waals surface area contributed by atoms with Gasteiger partial charge in [0.05, 0.1) is 11.3 Å². The normalized spacial score (nSPS) is 10.1. The van der Waals surface area contributed by atoms with Gasteiger partial charge in [-0.1, -0.05) is 6.07 Å². The standard InChI is InChI=1S/C13H8BrFN2O3/c14-8-4-2-6-16-11(8)12(18)17-10-7(13(19)20)3-1-5-9(10)15/h1-6H,(H,17,18)(H,19,20). The van der Waals surface area contributed by atoms with Crippen LogP contribution in [0.2, 0.25) is 0 Å². The first-order valence-corrected chi connectivity index (χ1v) is 6.23. The van der Waals surface area contributed by atoms with E-state index in [1.54, 1.807) is 12.1 Å². The number of aromatic nitrogens is 1. The lowest BCUT2D eigenvalue weighted by Crippen LogP contribution is -2.17. The predicted molar refractivity (Wildman–Crippen MR) is 73.2 cm³/mol. The number of aromatic carboxylic acids is 1. The summed E-state index contributed by atoms with van der Waals surface area (Å²) in [5, 5.41) is 11.2. The second-order valence-electron chi connectivity index (χ2n) is 3.76. The van der Waals surface area contributed by atoms with Crippen LogP contribution in [0, 0.1) is 5.82 Å². The Morgan fingerprint density at radius 3 is 2.65 bits per heavy atom. The number of rotatable bonds is 3. The van der Waals surface area contributed by atoms with E-state index in [9.17, 15) is 14.0 Å². The van der Waals surface area contributed by atoms with Gasteiger partial charge in [0, 0.05) is 10.7 Å². The number of para-hydroxylation sites is 1. The molecule has 0 aliphatic carbocycles. The number of carboxylic acids is 1. The quantitative estimate of drug-likeness (QED) is 0.901. The molecule has 0 aliphatic heterocycles. The van der Waals surface area contributed by atoms with Gasteiger partial charge in [-0.15, -0.1) is 0 Å². The van der Waals surface area contributed by atoms with E-state index in [-0.39, 0.29) is 16.9 Å². The zero-order chi connectivity index (χ0) is 14.7. The van der Waals surface area contributed by atoms with Crippen molar-refractivity contribution in [3.05, 3.63) is 58.1 Å². The third kappa shape index (κ3) is 2.83. The molecule has 0 unspecified atom stereocenters. The first kappa shape index (κ1) is 14.1. The molecule has 0 aliphatic rings. The molecule has 1 aromatic heterocycles. The molecular formula is C13H8BrFN2O3. The minimum Gasteiger partial charge on any atom is -0.478 e. The molecule has 0 saturated heterocycles. The van der Waals surface area contributed by atoms with Crippen molar-refractivity contribution >= 4 is 33.5 Å². The van der Waals surface area contributed by atoms with Crippen LogP contribution in [0.5, 0.6) is 0 Å². The van der Waals surface area contributed by atoms with Gasteiger partial charge in [-0.3, -0.25) is 4.79 Å². The number of hydrogen-bond donors (Lipinski definition) is 2. The first-order valence-electron chi connectivity index (χ1n) is 5.44. The maximum absolute atomic E-state index is 13.7. The van der Waals surface area contributed by atoms with E-state index >= 15 is 0 Å². The monoisotopic (exact) mass is 338 g/mol.